The summed E-state index contributed by atoms with van der Waals surface area (Å²) in [4.78, 5) is 14.8. The molecule has 0 fully saturated rings. The number of rotatable bonds is 11. The molecule has 0 saturated carbocycles. The summed E-state index contributed by atoms with van der Waals surface area (Å²) < 4.78 is 30.6. The van der Waals surface area contributed by atoms with E-state index in [1.165, 1.54) is 7.11 Å². The van der Waals surface area contributed by atoms with Gasteiger partial charge in [-0.2, -0.15) is 8.42 Å². The Bertz CT molecular complexity index is 817. The van der Waals surface area contributed by atoms with Crippen LogP contribution < -0.4 is 10.1 Å². The molecule has 0 radical (unpaired) electrons. The van der Waals surface area contributed by atoms with E-state index < -0.39 is 10.5 Å². The van der Waals surface area contributed by atoms with E-state index in [-0.39, 0.29) is 24.1 Å². The third-order valence-corrected chi connectivity index (χ3v) is 5.35. The molecule has 1 aromatic rings. The maximum atomic E-state index is 13.2. The Morgan fingerprint density at radius 2 is 1.97 bits per heavy atom. The van der Waals surface area contributed by atoms with Gasteiger partial charge in [-0.15, -0.1) is 4.36 Å². The SMILES string of the molecule is CCCCCC(CCC)N(C(=O)Cc1ccc(OC)c(N=S(=O)=O)c1)C(=S)NC. The molecule has 0 spiro atoms. The fourth-order valence-electron chi connectivity index (χ4n) is 3.23. The van der Waals surface area contributed by atoms with Crippen molar-refractivity contribution in [3.05, 3.63) is 23.8 Å². The predicted molar refractivity (Wildman–Crippen MR) is 119 cm³/mol. The van der Waals surface area contributed by atoms with Crippen molar-refractivity contribution in [1.82, 2.24) is 10.2 Å². The van der Waals surface area contributed by atoms with Crippen LogP contribution in [0.2, 0.25) is 0 Å². The van der Waals surface area contributed by atoms with Crippen molar-refractivity contribution >= 4 is 39.4 Å². The average Bonchev–Trinajstić information content (AvgIpc) is 2.68. The average molecular weight is 442 g/mol. The predicted octanol–water partition coefficient (Wildman–Crippen LogP) is 4.01. The fourth-order valence-corrected chi connectivity index (χ4v) is 3.78. The summed E-state index contributed by atoms with van der Waals surface area (Å²) in [7, 11) is 0.537. The first-order chi connectivity index (χ1) is 13.9. The standard InChI is InChI=1S/C20H31N3O4S2/c1-5-7-8-10-16(9-6-2)23(20(28)21-3)19(24)14-15-11-12-18(27-4)17(13-15)22-29(25)26/h11-13,16H,5-10,14H2,1-4H3,(H,21,28). The zero-order valence-electron chi connectivity index (χ0n) is 17.6. The van der Waals surface area contributed by atoms with Gasteiger partial charge in [0.1, 0.15) is 11.4 Å². The van der Waals surface area contributed by atoms with Gasteiger partial charge in [0.2, 0.25) is 5.91 Å². The quantitative estimate of drug-likeness (QED) is 0.412. The summed E-state index contributed by atoms with van der Waals surface area (Å²) in [5, 5.41) is 3.34. The van der Waals surface area contributed by atoms with Crippen LogP contribution in [0.4, 0.5) is 5.69 Å². The first-order valence-electron chi connectivity index (χ1n) is 9.89. The van der Waals surface area contributed by atoms with Gasteiger partial charge < -0.3 is 10.1 Å². The van der Waals surface area contributed by atoms with Gasteiger partial charge in [-0.3, -0.25) is 9.69 Å². The second-order valence-electron chi connectivity index (χ2n) is 6.75. The minimum atomic E-state index is -2.61. The number of amides is 1. The molecule has 29 heavy (non-hydrogen) atoms. The number of nitrogens with one attached hydrogen (secondary N) is 1. The molecule has 1 aromatic carbocycles. The number of ether oxygens (including phenoxy) is 1. The molecule has 0 aliphatic carbocycles. The van der Waals surface area contributed by atoms with Crippen LogP contribution in [-0.2, 0) is 21.7 Å². The maximum Gasteiger partial charge on any atom is 0.316 e. The highest BCUT2D eigenvalue weighted by molar-refractivity contribution is 7.80. The van der Waals surface area contributed by atoms with Gasteiger partial charge in [-0.05, 0) is 42.8 Å². The van der Waals surface area contributed by atoms with Crippen molar-refractivity contribution in [2.45, 2.75) is 64.8 Å². The fraction of sp³-hybridized carbons (Fsp3) is 0.600. The number of unbranched alkanes of at least 4 members (excludes halogenated alkanes) is 2. The summed E-state index contributed by atoms with van der Waals surface area (Å²) in [5.41, 5.74) is 0.814. The van der Waals surface area contributed by atoms with Crippen molar-refractivity contribution in [1.29, 1.82) is 0 Å². The van der Waals surface area contributed by atoms with Gasteiger partial charge in [-0.1, -0.05) is 45.6 Å². The van der Waals surface area contributed by atoms with Crippen LogP contribution in [-0.4, -0.2) is 44.5 Å². The molecule has 0 aliphatic rings. The lowest BCUT2D eigenvalue weighted by atomic mass is 10.0. The van der Waals surface area contributed by atoms with Crippen LogP contribution in [0.15, 0.2) is 22.6 Å². The molecule has 1 N–H and O–H groups in total. The Morgan fingerprint density at radius 3 is 2.52 bits per heavy atom. The number of hydrogen-bond donors (Lipinski definition) is 1. The lowest BCUT2D eigenvalue weighted by Crippen LogP contribution is -2.49. The van der Waals surface area contributed by atoms with E-state index in [0.717, 1.165) is 38.5 Å². The van der Waals surface area contributed by atoms with Crippen molar-refractivity contribution in [3.63, 3.8) is 0 Å². The molecule has 1 amide bonds. The van der Waals surface area contributed by atoms with Crippen LogP contribution in [0, 0.1) is 0 Å². The Kier molecular flexibility index (Phi) is 11.5. The van der Waals surface area contributed by atoms with Crippen molar-refractivity contribution in [3.8, 4) is 5.75 Å². The Labute approximate surface area is 180 Å². The summed E-state index contributed by atoms with van der Waals surface area (Å²) in [6.07, 6.45) is 6.08. The minimum absolute atomic E-state index is 0.0375. The number of carbonyl (C=O) groups is 1. The lowest BCUT2D eigenvalue weighted by Gasteiger charge is -2.32. The van der Waals surface area contributed by atoms with Crippen molar-refractivity contribution in [2.75, 3.05) is 14.2 Å². The van der Waals surface area contributed by atoms with Gasteiger partial charge in [0.25, 0.3) is 0 Å². The number of thiocarbonyl (C=S) groups is 1. The normalized spacial score (nSPS) is 11.4. The lowest BCUT2D eigenvalue weighted by molar-refractivity contribution is -0.128. The van der Waals surface area contributed by atoms with Crippen LogP contribution in [0.25, 0.3) is 0 Å². The molecular formula is C20H31N3O4S2. The van der Waals surface area contributed by atoms with E-state index in [0.29, 0.717) is 16.4 Å². The van der Waals surface area contributed by atoms with Gasteiger partial charge in [0.05, 0.1) is 13.5 Å². The second kappa shape index (κ2) is 13.3. The topological polar surface area (TPSA) is 88.1 Å². The number of benzene rings is 1. The maximum absolute atomic E-state index is 13.2. The van der Waals surface area contributed by atoms with E-state index in [4.69, 9.17) is 17.0 Å². The first kappa shape index (κ1) is 25.0. The summed E-state index contributed by atoms with van der Waals surface area (Å²) in [6, 6.07) is 4.94. The monoisotopic (exact) mass is 441 g/mol. The van der Waals surface area contributed by atoms with E-state index in [1.54, 1.807) is 30.1 Å². The molecule has 0 saturated heterocycles. The van der Waals surface area contributed by atoms with Crippen LogP contribution in [0.5, 0.6) is 5.75 Å². The third-order valence-electron chi connectivity index (χ3n) is 4.60. The smallest absolute Gasteiger partial charge is 0.316 e. The molecule has 1 unspecified atom stereocenters. The van der Waals surface area contributed by atoms with Crippen molar-refractivity contribution in [2.24, 2.45) is 4.36 Å². The van der Waals surface area contributed by atoms with Crippen LogP contribution >= 0.6 is 12.2 Å². The summed E-state index contributed by atoms with van der Waals surface area (Å²) in [5.74, 6) is 0.204. The third kappa shape index (κ3) is 8.10. The summed E-state index contributed by atoms with van der Waals surface area (Å²) >= 11 is 5.43. The minimum Gasteiger partial charge on any atom is -0.494 e. The van der Waals surface area contributed by atoms with Crippen molar-refractivity contribution < 1.29 is 17.9 Å². The van der Waals surface area contributed by atoms with Gasteiger partial charge in [-0.25, -0.2) is 0 Å². The van der Waals surface area contributed by atoms with Crippen LogP contribution in [0.3, 0.4) is 0 Å². The van der Waals surface area contributed by atoms with Gasteiger partial charge in [0, 0.05) is 13.1 Å². The molecular weight excluding hydrogens is 410 g/mol. The van der Waals surface area contributed by atoms with Crippen LogP contribution in [0.1, 0.15) is 57.9 Å². The van der Waals surface area contributed by atoms with E-state index in [1.807, 2.05) is 0 Å². The van der Waals surface area contributed by atoms with E-state index in [9.17, 15) is 13.2 Å². The molecule has 0 aliphatic heterocycles. The highest BCUT2D eigenvalue weighted by Gasteiger charge is 2.26. The molecule has 1 atom stereocenters. The Hall–Kier alpha value is -2.00. The molecule has 162 valence electrons. The van der Waals surface area contributed by atoms with E-state index in [2.05, 4.69) is 23.5 Å². The Balaban J connectivity index is 3.14. The largest absolute Gasteiger partial charge is 0.494 e. The first-order valence-corrected chi connectivity index (χ1v) is 11.3. The number of carbonyl (C=O) groups excluding carboxylic acids is 1. The van der Waals surface area contributed by atoms with Gasteiger partial charge in [0.15, 0.2) is 5.11 Å². The molecule has 0 bridgehead atoms. The number of nitrogens with zero attached hydrogens (tertiary/aromatic N) is 2. The van der Waals surface area contributed by atoms with Gasteiger partial charge >= 0.3 is 10.5 Å². The van der Waals surface area contributed by atoms with E-state index >= 15 is 0 Å². The molecule has 0 aromatic heterocycles. The zero-order valence-corrected chi connectivity index (χ0v) is 19.2. The highest BCUT2D eigenvalue weighted by atomic mass is 32.2. The zero-order chi connectivity index (χ0) is 21.8. The second-order valence-corrected chi connectivity index (χ2v) is 7.75. The molecule has 1 rings (SSSR count). The Morgan fingerprint density at radius 1 is 1.24 bits per heavy atom. The number of hydrogen-bond acceptors (Lipinski definition) is 6. The highest BCUT2D eigenvalue weighted by Crippen LogP contribution is 2.29. The molecule has 9 heteroatoms. The molecule has 0 heterocycles. The number of methoxy groups -OCH3 is 1. The summed E-state index contributed by atoms with van der Waals surface area (Å²) in [6.45, 7) is 4.25. The molecule has 7 nitrogen and oxygen atoms in total.